The van der Waals surface area contributed by atoms with E-state index in [1.807, 2.05) is 4.90 Å². The fourth-order valence-electron chi connectivity index (χ4n) is 8.24. The van der Waals surface area contributed by atoms with Gasteiger partial charge in [-0.1, -0.05) is 12.0 Å². The lowest BCUT2D eigenvalue weighted by atomic mass is 9.95. The van der Waals surface area contributed by atoms with E-state index >= 15 is 8.78 Å². The van der Waals surface area contributed by atoms with Crippen LogP contribution in [-0.2, 0) is 0 Å². The summed E-state index contributed by atoms with van der Waals surface area (Å²) in [4.78, 5) is 17.6. The number of nitrogens with one attached hydrogen (secondary N) is 1. The van der Waals surface area contributed by atoms with Crippen LogP contribution >= 0.6 is 0 Å². The number of terminal acetylenes is 1. The quantitative estimate of drug-likeness (QED) is 0.177. The number of anilines is 1. The SMILES string of the molecule is C#Cc1c(F)ccc2cc(O)cc(-c3nc(OCC(C)(F)F)c4c(N5CC6CCC(C5)N6)nc(OC[C@@]56CCCN5C[C@H](F)C6)nc4c3F)c12. The molecule has 0 aliphatic carbocycles. The summed E-state index contributed by atoms with van der Waals surface area (Å²) in [7, 11) is 0. The molecule has 2 N–H and O–H groups in total. The van der Waals surface area contributed by atoms with Crippen LogP contribution in [0.4, 0.5) is 27.8 Å². The zero-order chi connectivity index (χ0) is 34.9. The van der Waals surface area contributed by atoms with Crippen LogP contribution in [0.5, 0.6) is 17.6 Å². The van der Waals surface area contributed by atoms with Crippen molar-refractivity contribution >= 4 is 27.5 Å². The van der Waals surface area contributed by atoms with Crippen molar-refractivity contribution in [1.29, 1.82) is 0 Å². The third-order valence-corrected chi connectivity index (χ3v) is 10.4. The maximum absolute atomic E-state index is 17.2. The van der Waals surface area contributed by atoms with Gasteiger partial charge in [-0.3, -0.25) is 4.90 Å². The molecule has 4 atom stereocenters. The van der Waals surface area contributed by atoms with Crippen LogP contribution in [-0.4, -0.2) is 94.1 Å². The van der Waals surface area contributed by atoms with Gasteiger partial charge in [-0.25, -0.2) is 26.9 Å². The molecule has 4 aromatic rings. The highest BCUT2D eigenvalue weighted by molar-refractivity contribution is 6.04. The minimum atomic E-state index is -3.29. The van der Waals surface area contributed by atoms with Gasteiger partial charge in [0, 0.05) is 56.0 Å². The van der Waals surface area contributed by atoms with Crippen LogP contribution < -0.4 is 19.7 Å². The van der Waals surface area contributed by atoms with Gasteiger partial charge in [0.2, 0.25) is 5.88 Å². The highest BCUT2D eigenvalue weighted by Gasteiger charge is 2.49. The number of rotatable bonds is 8. The van der Waals surface area contributed by atoms with Crippen molar-refractivity contribution < 1.29 is 36.5 Å². The van der Waals surface area contributed by atoms with Crippen molar-refractivity contribution in [3.05, 3.63) is 41.5 Å². The van der Waals surface area contributed by atoms with Gasteiger partial charge < -0.3 is 24.8 Å². The van der Waals surface area contributed by atoms with Gasteiger partial charge >= 0.3 is 6.01 Å². The molecule has 0 radical (unpaired) electrons. The molecule has 2 aromatic heterocycles. The summed E-state index contributed by atoms with van der Waals surface area (Å²) in [6.07, 6.45) is 8.41. The molecule has 50 heavy (non-hydrogen) atoms. The smallest absolute Gasteiger partial charge is 0.319 e. The molecule has 0 saturated carbocycles. The maximum atomic E-state index is 17.2. The van der Waals surface area contributed by atoms with Gasteiger partial charge in [-0.2, -0.15) is 9.97 Å². The van der Waals surface area contributed by atoms with Gasteiger partial charge in [0.25, 0.3) is 5.92 Å². The summed E-state index contributed by atoms with van der Waals surface area (Å²) in [6.45, 7) is 1.66. The van der Waals surface area contributed by atoms with E-state index < -0.39 is 41.6 Å². The van der Waals surface area contributed by atoms with Gasteiger partial charge in [-0.15, -0.1) is 6.42 Å². The van der Waals surface area contributed by atoms with Crippen LogP contribution in [0.3, 0.4) is 0 Å². The zero-order valence-electron chi connectivity index (χ0n) is 27.3. The fraction of sp³-hybridized carbons (Fsp3) is 0.472. The lowest BCUT2D eigenvalue weighted by Crippen LogP contribution is -2.51. The highest BCUT2D eigenvalue weighted by atomic mass is 19.3. The van der Waals surface area contributed by atoms with Crippen LogP contribution in [0.1, 0.15) is 44.6 Å². The molecule has 2 aromatic carbocycles. The number of hydrogen-bond donors (Lipinski definition) is 2. The number of nitrogens with zero attached hydrogens (tertiary/aromatic N) is 5. The number of aromatic nitrogens is 3. The third-order valence-electron chi connectivity index (χ3n) is 10.4. The second-order valence-corrected chi connectivity index (χ2v) is 14.1. The number of halogens is 5. The Morgan fingerprint density at radius 1 is 1.08 bits per heavy atom. The average Bonchev–Trinajstić information content (AvgIpc) is 3.72. The first-order valence-corrected chi connectivity index (χ1v) is 16.8. The third kappa shape index (κ3) is 5.70. The van der Waals surface area contributed by atoms with Crippen molar-refractivity contribution in [3.8, 4) is 41.2 Å². The van der Waals surface area contributed by atoms with E-state index in [0.717, 1.165) is 38.3 Å². The Bertz CT molecular complexity index is 2040. The van der Waals surface area contributed by atoms with E-state index in [-0.39, 0.29) is 69.6 Å². The number of pyridine rings is 1. The molecule has 0 spiro atoms. The molecule has 6 heterocycles. The van der Waals surface area contributed by atoms with Crippen molar-refractivity contribution in [2.45, 2.75) is 68.7 Å². The molecule has 0 amide bonds. The number of aromatic hydroxyl groups is 1. The molecule has 9 nitrogen and oxygen atoms in total. The van der Waals surface area contributed by atoms with Crippen molar-refractivity contribution in [2.24, 2.45) is 0 Å². The summed E-state index contributed by atoms with van der Waals surface area (Å²) >= 11 is 0. The van der Waals surface area contributed by atoms with Crippen LogP contribution in [0.15, 0.2) is 24.3 Å². The second kappa shape index (κ2) is 12.1. The molecular formula is C36H35F5N6O3. The normalized spacial score (nSPS) is 25.0. The monoisotopic (exact) mass is 694 g/mol. The number of phenols is 1. The number of fused-ring (bicyclic) bond motifs is 5. The van der Waals surface area contributed by atoms with Crippen molar-refractivity contribution in [2.75, 3.05) is 44.3 Å². The molecule has 8 rings (SSSR count). The number of benzene rings is 2. The fourth-order valence-corrected chi connectivity index (χ4v) is 8.24. The predicted molar refractivity (Wildman–Crippen MR) is 177 cm³/mol. The van der Waals surface area contributed by atoms with E-state index in [1.54, 1.807) is 0 Å². The topological polar surface area (TPSA) is 95.9 Å². The molecule has 262 valence electrons. The van der Waals surface area contributed by atoms with Crippen LogP contribution in [0.2, 0.25) is 0 Å². The van der Waals surface area contributed by atoms with Crippen molar-refractivity contribution in [1.82, 2.24) is 25.2 Å². The van der Waals surface area contributed by atoms with E-state index in [0.29, 0.717) is 38.4 Å². The number of piperazine rings is 1. The molecule has 2 unspecified atom stereocenters. The number of alkyl halides is 3. The lowest BCUT2D eigenvalue weighted by Gasteiger charge is -2.35. The molecular weight excluding hydrogens is 659 g/mol. The summed E-state index contributed by atoms with van der Waals surface area (Å²) in [5.74, 6) is -3.23. The Labute approximate surface area is 284 Å². The first-order chi connectivity index (χ1) is 23.9. The maximum Gasteiger partial charge on any atom is 0.319 e. The Kier molecular flexibility index (Phi) is 7.91. The molecule has 14 heteroatoms. The molecule has 2 bridgehead atoms. The van der Waals surface area contributed by atoms with E-state index in [4.69, 9.17) is 20.9 Å². The van der Waals surface area contributed by atoms with Crippen LogP contribution in [0.25, 0.3) is 32.9 Å². The largest absolute Gasteiger partial charge is 0.508 e. The van der Waals surface area contributed by atoms with Gasteiger partial charge in [0.15, 0.2) is 12.4 Å². The summed E-state index contributed by atoms with van der Waals surface area (Å²) in [6, 6.07) is 5.08. The zero-order valence-corrected chi connectivity index (χ0v) is 27.3. The Balaban J connectivity index is 1.35. The lowest BCUT2D eigenvalue weighted by molar-refractivity contribution is -0.0237. The summed E-state index contributed by atoms with van der Waals surface area (Å²) < 4.78 is 87.2. The highest BCUT2D eigenvalue weighted by Crippen LogP contribution is 2.44. The van der Waals surface area contributed by atoms with Gasteiger partial charge in [0.05, 0.1) is 11.1 Å². The van der Waals surface area contributed by atoms with E-state index in [2.05, 4.69) is 26.1 Å². The minimum Gasteiger partial charge on any atom is -0.508 e. The van der Waals surface area contributed by atoms with E-state index in [1.165, 1.54) is 18.2 Å². The number of ether oxygens (including phenoxy) is 2. The standard InChI is InChI=1S/C36H35F5N6O3/c1-3-24-26(38)8-5-19-11-23(48)12-25(27(19)24)30-29(39)31-28(33(43-30)49-17-35(2,40)41)32(46-15-21-6-7-22(16-46)42-21)45-34(44-31)50-18-36-9-4-10-47(36)14-20(37)13-36/h1,5,8,11-12,20-22,42,48H,4,6-7,9-10,13-18H2,2H3/t20-,21?,22?,36+/m1/s1. The summed E-state index contributed by atoms with van der Waals surface area (Å²) in [5.41, 5.74) is -1.63. The Morgan fingerprint density at radius 3 is 2.60 bits per heavy atom. The summed E-state index contributed by atoms with van der Waals surface area (Å²) in [5, 5.41) is 14.5. The first-order valence-electron chi connectivity index (χ1n) is 16.8. The second-order valence-electron chi connectivity index (χ2n) is 14.1. The van der Waals surface area contributed by atoms with Gasteiger partial charge in [0.1, 0.15) is 46.8 Å². The van der Waals surface area contributed by atoms with E-state index in [9.17, 15) is 18.3 Å². The molecule has 4 aliphatic rings. The Hall–Kier alpha value is -4.48. The molecule has 4 saturated heterocycles. The predicted octanol–water partition coefficient (Wildman–Crippen LogP) is 5.74. The number of hydrogen-bond acceptors (Lipinski definition) is 9. The molecule has 4 fully saturated rings. The number of phenolic OH excluding ortho intramolecular Hbond substituents is 1. The van der Waals surface area contributed by atoms with Crippen LogP contribution in [0, 0.1) is 24.0 Å². The minimum absolute atomic E-state index is 0.0395. The molecule has 4 aliphatic heterocycles. The first kappa shape index (κ1) is 32.7. The van der Waals surface area contributed by atoms with Gasteiger partial charge in [-0.05, 0) is 55.8 Å². The van der Waals surface area contributed by atoms with Crippen molar-refractivity contribution in [3.63, 3.8) is 0 Å². The average molecular weight is 695 g/mol. The Morgan fingerprint density at radius 2 is 1.86 bits per heavy atom.